The minimum atomic E-state index is -0.0696. The Hall–Kier alpha value is -2.73. The number of nitrogens with zero attached hydrogens (tertiary/aromatic N) is 2. The molecule has 1 saturated heterocycles. The molecule has 2 aromatic carbocycles. The van der Waals surface area contributed by atoms with Crippen molar-refractivity contribution in [2.75, 3.05) is 24.6 Å². The molecule has 152 valence electrons. The van der Waals surface area contributed by atoms with E-state index in [1.807, 2.05) is 49.4 Å². The van der Waals surface area contributed by atoms with Gasteiger partial charge < -0.3 is 19.9 Å². The quantitative estimate of drug-likeness (QED) is 0.638. The molecule has 0 aliphatic carbocycles. The molecule has 2 heterocycles. The van der Waals surface area contributed by atoms with Crippen molar-refractivity contribution in [2.45, 2.75) is 26.3 Å². The zero-order valence-corrected chi connectivity index (χ0v) is 17.2. The van der Waals surface area contributed by atoms with Crippen LogP contribution in [0.2, 0.25) is 5.02 Å². The average Bonchev–Trinajstić information content (AvgIpc) is 3.16. The number of aromatic amines is 1. The van der Waals surface area contributed by atoms with Gasteiger partial charge in [0, 0.05) is 30.2 Å². The van der Waals surface area contributed by atoms with E-state index in [0.29, 0.717) is 24.7 Å². The Balaban J connectivity index is 1.40. The maximum Gasteiger partial charge on any atom is 0.225 e. The topological polar surface area (TPSA) is 70.2 Å². The van der Waals surface area contributed by atoms with Crippen molar-refractivity contribution in [2.24, 2.45) is 5.92 Å². The number of nitrogens with one attached hydrogen (secondary N) is 2. The smallest absolute Gasteiger partial charge is 0.225 e. The number of halogens is 1. The summed E-state index contributed by atoms with van der Waals surface area (Å²) in [5, 5.41) is 3.76. The van der Waals surface area contributed by atoms with Gasteiger partial charge in [-0.2, -0.15) is 0 Å². The molecular weight excluding hydrogens is 388 g/mol. The van der Waals surface area contributed by atoms with E-state index in [9.17, 15) is 4.79 Å². The molecule has 0 saturated carbocycles. The van der Waals surface area contributed by atoms with Gasteiger partial charge in [0.1, 0.15) is 5.75 Å². The van der Waals surface area contributed by atoms with E-state index in [-0.39, 0.29) is 11.8 Å². The lowest BCUT2D eigenvalue weighted by Gasteiger charge is -2.31. The molecule has 0 spiro atoms. The molecule has 29 heavy (non-hydrogen) atoms. The zero-order chi connectivity index (χ0) is 20.2. The van der Waals surface area contributed by atoms with Crippen molar-refractivity contribution >= 4 is 34.5 Å². The molecule has 1 aliphatic heterocycles. The third kappa shape index (κ3) is 4.48. The van der Waals surface area contributed by atoms with Gasteiger partial charge in [0.25, 0.3) is 0 Å². The van der Waals surface area contributed by atoms with E-state index in [0.717, 1.165) is 47.7 Å². The number of para-hydroxylation sites is 1. The molecule has 1 aromatic heterocycles. The van der Waals surface area contributed by atoms with Crippen LogP contribution in [0.25, 0.3) is 11.0 Å². The molecule has 0 bridgehead atoms. The summed E-state index contributed by atoms with van der Waals surface area (Å²) in [6.07, 6.45) is 1.83. The highest BCUT2D eigenvalue weighted by Crippen LogP contribution is 2.25. The van der Waals surface area contributed by atoms with E-state index >= 15 is 0 Å². The Kier molecular flexibility index (Phi) is 5.90. The normalized spacial score (nSPS) is 16.8. The SMILES string of the molecule is CCOc1ccccc1CNC(=O)[C@H]1CCCN(c2nc3ccc(Cl)cc3[nH]2)C1. The van der Waals surface area contributed by atoms with E-state index < -0.39 is 0 Å². The number of piperidine rings is 1. The number of H-pyrrole nitrogens is 1. The highest BCUT2D eigenvalue weighted by molar-refractivity contribution is 6.31. The fraction of sp³-hybridized carbons (Fsp3) is 0.364. The fourth-order valence-electron chi connectivity index (χ4n) is 3.77. The van der Waals surface area contributed by atoms with E-state index in [4.69, 9.17) is 16.3 Å². The van der Waals surface area contributed by atoms with Crippen LogP contribution in [0.15, 0.2) is 42.5 Å². The molecular formula is C22H25ClN4O2. The van der Waals surface area contributed by atoms with Gasteiger partial charge in [-0.1, -0.05) is 29.8 Å². The Labute approximate surface area is 175 Å². The number of hydrogen-bond donors (Lipinski definition) is 2. The minimum absolute atomic E-state index is 0.0696. The first kappa shape index (κ1) is 19.6. The number of ether oxygens (including phenoxy) is 1. The van der Waals surface area contributed by atoms with Crippen LogP contribution in [-0.2, 0) is 11.3 Å². The first-order chi connectivity index (χ1) is 14.1. The second-order valence-corrected chi connectivity index (χ2v) is 7.70. The summed E-state index contributed by atoms with van der Waals surface area (Å²) < 4.78 is 5.65. The van der Waals surface area contributed by atoms with Gasteiger partial charge in [0.2, 0.25) is 11.9 Å². The van der Waals surface area contributed by atoms with Gasteiger partial charge in [-0.25, -0.2) is 4.98 Å². The number of rotatable bonds is 6. The molecule has 3 aromatic rings. The second-order valence-electron chi connectivity index (χ2n) is 7.27. The van der Waals surface area contributed by atoms with Crippen molar-refractivity contribution in [3.05, 3.63) is 53.1 Å². The van der Waals surface area contributed by atoms with Crippen LogP contribution in [0.5, 0.6) is 5.75 Å². The van der Waals surface area contributed by atoms with E-state index in [1.165, 1.54) is 0 Å². The predicted molar refractivity (Wildman–Crippen MR) is 115 cm³/mol. The molecule has 1 fully saturated rings. The van der Waals surface area contributed by atoms with Crippen molar-refractivity contribution in [3.8, 4) is 5.75 Å². The summed E-state index contributed by atoms with van der Waals surface area (Å²) >= 11 is 6.07. The van der Waals surface area contributed by atoms with Gasteiger partial charge in [-0.05, 0) is 44.0 Å². The van der Waals surface area contributed by atoms with Crippen LogP contribution < -0.4 is 15.0 Å². The minimum Gasteiger partial charge on any atom is -0.494 e. The Morgan fingerprint density at radius 1 is 1.34 bits per heavy atom. The third-order valence-electron chi connectivity index (χ3n) is 5.25. The number of aromatic nitrogens is 2. The summed E-state index contributed by atoms with van der Waals surface area (Å²) in [6, 6.07) is 13.4. The Morgan fingerprint density at radius 2 is 2.21 bits per heavy atom. The molecule has 7 heteroatoms. The molecule has 0 unspecified atom stereocenters. The van der Waals surface area contributed by atoms with Crippen LogP contribution >= 0.6 is 11.6 Å². The summed E-state index contributed by atoms with van der Waals surface area (Å²) in [5.41, 5.74) is 2.78. The third-order valence-corrected chi connectivity index (χ3v) is 5.48. The van der Waals surface area contributed by atoms with E-state index in [2.05, 4.69) is 20.2 Å². The molecule has 1 atom stereocenters. The molecule has 4 rings (SSSR count). The Bertz CT molecular complexity index is 1000. The predicted octanol–water partition coefficient (Wildman–Crippen LogP) is 4.15. The van der Waals surface area contributed by atoms with Crippen molar-refractivity contribution in [1.82, 2.24) is 15.3 Å². The number of anilines is 1. The highest BCUT2D eigenvalue weighted by atomic mass is 35.5. The summed E-state index contributed by atoms with van der Waals surface area (Å²) in [6.45, 7) is 4.55. The maximum atomic E-state index is 12.8. The van der Waals surface area contributed by atoms with Crippen LogP contribution in [0, 0.1) is 5.92 Å². The van der Waals surface area contributed by atoms with Crippen molar-refractivity contribution < 1.29 is 9.53 Å². The second kappa shape index (κ2) is 8.74. The molecule has 6 nitrogen and oxygen atoms in total. The fourth-order valence-corrected chi connectivity index (χ4v) is 3.95. The lowest BCUT2D eigenvalue weighted by Crippen LogP contribution is -2.43. The number of carbonyl (C=O) groups excluding carboxylic acids is 1. The van der Waals surface area contributed by atoms with Gasteiger partial charge >= 0.3 is 0 Å². The molecule has 1 amide bonds. The maximum absolute atomic E-state index is 12.8. The van der Waals surface area contributed by atoms with Crippen LogP contribution in [0.1, 0.15) is 25.3 Å². The molecule has 2 N–H and O–H groups in total. The average molecular weight is 413 g/mol. The van der Waals surface area contributed by atoms with Gasteiger partial charge in [0.15, 0.2) is 0 Å². The summed E-state index contributed by atoms with van der Waals surface area (Å²) in [7, 11) is 0. The summed E-state index contributed by atoms with van der Waals surface area (Å²) in [5.74, 6) is 1.61. The van der Waals surface area contributed by atoms with Crippen molar-refractivity contribution in [1.29, 1.82) is 0 Å². The number of amides is 1. The lowest BCUT2D eigenvalue weighted by atomic mass is 9.97. The highest BCUT2D eigenvalue weighted by Gasteiger charge is 2.27. The first-order valence-corrected chi connectivity index (χ1v) is 10.4. The number of imidazole rings is 1. The van der Waals surface area contributed by atoms with Crippen LogP contribution in [-0.4, -0.2) is 35.6 Å². The Morgan fingerprint density at radius 3 is 3.07 bits per heavy atom. The largest absolute Gasteiger partial charge is 0.494 e. The molecule has 1 aliphatic rings. The lowest BCUT2D eigenvalue weighted by molar-refractivity contribution is -0.125. The monoisotopic (exact) mass is 412 g/mol. The van der Waals surface area contributed by atoms with Gasteiger partial charge in [-0.3, -0.25) is 4.79 Å². The van der Waals surface area contributed by atoms with Crippen LogP contribution in [0.3, 0.4) is 0 Å². The van der Waals surface area contributed by atoms with Gasteiger partial charge in [-0.15, -0.1) is 0 Å². The number of carbonyl (C=O) groups is 1. The van der Waals surface area contributed by atoms with Gasteiger partial charge in [0.05, 0.1) is 23.6 Å². The number of benzene rings is 2. The number of fused-ring (bicyclic) bond motifs is 1. The van der Waals surface area contributed by atoms with E-state index in [1.54, 1.807) is 0 Å². The standard InChI is InChI=1S/C22H25ClN4O2/c1-2-29-20-8-4-3-6-15(20)13-24-21(28)16-7-5-11-27(14-16)22-25-18-10-9-17(23)12-19(18)26-22/h3-4,6,8-10,12,16H,2,5,7,11,13-14H2,1H3,(H,24,28)(H,25,26)/t16-/m0/s1. The van der Waals surface area contributed by atoms with Crippen molar-refractivity contribution in [3.63, 3.8) is 0 Å². The summed E-state index contributed by atoms with van der Waals surface area (Å²) in [4.78, 5) is 22.9. The first-order valence-electron chi connectivity index (χ1n) is 10.0. The zero-order valence-electron chi connectivity index (χ0n) is 16.5. The molecule has 0 radical (unpaired) electrons. The van der Waals surface area contributed by atoms with Crippen LogP contribution in [0.4, 0.5) is 5.95 Å². The number of hydrogen-bond acceptors (Lipinski definition) is 4.